The van der Waals surface area contributed by atoms with E-state index in [2.05, 4.69) is 15.4 Å². The van der Waals surface area contributed by atoms with Crippen LogP contribution < -0.4 is 5.32 Å². The van der Waals surface area contributed by atoms with E-state index in [9.17, 15) is 13.2 Å². The Bertz CT molecular complexity index is 940. The molecule has 0 spiro atoms. The summed E-state index contributed by atoms with van der Waals surface area (Å²) in [6.45, 7) is 3.73. The van der Waals surface area contributed by atoms with Crippen molar-refractivity contribution in [3.8, 4) is 0 Å². The fourth-order valence-electron chi connectivity index (χ4n) is 6.12. The molecule has 9 nitrogen and oxygen atoms in total. The number of fused-ring (bicyclic) bond motifs is 2. The van der Waals surface area contributed by atoms with Crippen molar-refractivity contribution in [2.24, 2.45) is 5.92 Å². The Kier molecular flexibility index (Phi) is 7.30. The summed E-state index contributed by atoms with van der Waals surface area (Å²) in [5.74, 6) is 1.49. The summed E-state index contributed by atoms with van der Waals surface area (Å²) in [5.41, 5.74) is 0.331. The van der Waals surface area contributed by atoms with Gasteiger partial charge in [-0.25, -0.2) is 8.42 Å². The van der Waals surface area contributed by atoms with Gasteiger partial charge in [0.2, 0.25) is 10.0 Å². The second-order valence-electron chi connectivity index (χ2n) is 10.7. The molecule has 3 atom stereocenters. The maximum Gasteiger partial charge on any atom is 0.273 e. The predicted molar refractivity (Wildman–Crippen MR) is 127 cm³/mol. The minimum atomic E-state index is -3.31. The fourth-order valence-corrected chi connectivity index (χ4v) is 8.51. The van der Waals surface area contributed by atoms with Crippen LogP contribution in [0.5, 0.6) is 0 Å². The minimum Gasteiger partial charge on any atom is -0.385 e. The second-order valence-corrected chi connectivity index (χ2v) is 12.6. The van der Waals surface area contributed by atoms with E-state index in [1.165, 1.54) is 0 Å². The Hall–Kier alpha value is -1.49. The quantitative estimate of drug-likeness (QED) is 0.498. The zero-order chi connectivity index (χ0) is 23.7. The summed E-state index contributed by atoms with van der Waals surface area (Å²) in [6.07, 6.45) is 8.20. The van der Waals surface area contributed by atoms with E-state index in [1.807, 2.05) is 4.31 Å². The molecular weight excluding hydrogens is 456 g/mol. The van der Waals surface area contributed by atoms with Gasteiger partial charge >= 0.3 is 0 Å². The molecule has 4 aliphatic rings. The Balaban J connectivity index is 1.12. The molecule has 4 fully saturated rings. The number of amides is 1. The third kappa shape index (κ3) is 5.50. The number of rotatable bonds is 10. The van der Waals surface area contributed by atoms with Gasteiger partial charge in [0.05, 0.1) is 5.75 Å². The van der Waals surface area contributed by atoms with Crippen LogP contribution in [0, 0.1) is 5.92 Å². The fraction of sp³-hybridized carbons (Fsp3) is 0.833. The molecule has 34 heavy (non-hydrogen) atoms. The molecule has 3 aliphatic heterocycles. The lowest BCUT2D eigenvalue weighted by atomic mass is 9.99. The summed E-state index contributed by atoms with van der Waals surface area (Å²) in [6, 6.07) is 1.71. The molecule has 2 bridgehead atoms. The first kappa shape index (κ1) is 24.2. The van der Waals surface area contributed by atoms with E-state index in [0.717, 1.165) is 76.9 Å². The molecule has 1 aromatic rings. The summed E-state index contributed by atoms with van der Waals surface area (Å²) in [5, 5.41) is 7.03. The lowest BCUT2D eigenvalue weighted by Crippen LogP contribution is -2.53. The monoisotopic (exact) mass is 494 g/mol. The van der Waals surface area contributed by atoms with Crippen LogP contribution in [0.1, 0.15) is 80.0 Å². The van der Waals surface area contributed by atoms with Crippen molar-refractivity contribution in [1.29, 1.82) is 0 Å². The van der Waals surface area contributed by atoms with Gasteiger partial charge in [-0.2, -0.15) is 4.31 Å². The van der Waals surface area contributed by atoms with Gasteiger partial charge in [-0.15, -0.1) is 0 Å². The molecule has 1 amide bonds. The van der Waals surface area contributed by atoms with Gasteiger partial charge in [0.25, 0.3) is 5.91 Å². The Morgan fingerprint density at radius 3 is 2.50 bits per heavy atom. The van der Waals surface area contributed by atoms with Crippen molar-refractivity contribution in [3.05, 3.63) is 17.5 Å². The van der Waals surface area contributed by atoms with Crippen molar-refractivity contribution in [2.45, 2.75) is 81.8 Å². The van der Waals surface area contributed by atoms with Gasteiger partial charge in [0.1, 0.15) is 5.76 Å². The SMILES string of the molecule is COCCCN1CCC(CS(=O)(=O)N2[C@@H]3CC[C@H]2C[C@@H](NC(=O)c2cc(C4CC4)on2)C3)CC1. The number of nitrogens with zero attached hydrogens (tertiary/aromatic N) is 3. The number of likely N-dealkylation sites (tertiary alicyclic amines) is 1. The van der Waals surface area contributed by atoms with Gasteiger partial charge in [0, 0.05) is 50.4 Å². The molecule has 1 saturated carbocycles. The molecule has 0 radical (unpaired) electrons. The van der Waals surface area contributed by atoms with Crippen molar-refractivity contribution in [3.63, 3.8) is 0 Å². The highest BCUT2D eigenvalue weighted by Crippen LogP contribution is 2.41. The largest absolute Gasteiger partial charge is 0.385 e. The number of methoxy groups -OCH3 is 1. The first-order valence-electron chi connectivity index (χ1n) is 12.9. The average molecular weight is 495 g/mol. The number of nitrogens with one attached hydrogen (secondary N) is 1. The molecular formula is C24H38N4O5S. The molecule has 5 rings (SSSR count). The summed E-state index contributed by atoms with van der Waals surface area (Å²) >= 11 is 0. The van der Waals surface area contributed by atoms with E-state index in [4.69, 9.17) is 9.26 Å². The minimum absolute atomic E-state index is 0.0116. The van der Waals surface area contributed by atoms with Crippen LogP contribution in [0.4, 0.5) is 0 Å². The Morgan fingerprint density at radius 2 is 1.85 bits per heavy atom. The van der Waals surface area contributed by atoms with Gasteiger partial charge in [-0.1, -0.05) is 5.16 Å². The molecule has 3 saturated heterocycles. The van der Waals surface area contributed by atoms with E-state index < -0.39 is 10.0 Å². The van der Waals surface area contributed by atoms with Gasteiger partial charge in [-0.3, -0.25) is 4.79 Å². The molecule has 190 valence electrons. The Morgan fingerprint density at radius 1 is 1.15 bits per heavy atom. The van der Waals surface area contributed by atoms with Gasteiger partial charge in [0.15, 0.2) is 5.69 Å². The molecule has 1 N–H and O–H groups in total. The topological polar surface area (TPSA) is 105 Å². The second kappa shape index (κ2) is 10.2. The van der Waals surface area contributed by atoms with Crippen LogP contribution in [-0.4, -0.2) is 85.9 Å². The Labute approximate surface area is 202 Å². The third-order valence-electron chi connectivity index (χ3n) is 8.04. The van der Waals surface area contributed by atoms with Crippen LogP contribution in [-0.2, 0) is 14.8 Å². The lowest BCUT2D eigenvalue weighted by Gasteiger charge is -2.39. The third-order valence-corrected chi connectivity index (χ3v) is 10.2. The molecule has 1 aliphatic carbocycles. The molecule has 0 aromatic carbocycles. The van der Waals surface area contributed by atoms with Crippen LogP contribution in [0.2, 0.25) is 0 Å². The number of aromatic nitrogens is 1. The normalized spacial score (nSPS) is 28.9. The van der Waals surface area contributed by atoms with E-state index >= 15 is 0 Å². The van der Waals surface area contributed by atoms with Crippen molar-refractivity contribution < 1.29 is 22.5 Å². The zero-order valence-corrected chi connectivity index (χ0v) is 21.0. The number of carbonyl (C=O) groups is 1. The highest BCUT2D eigenvalue weighted by molar-refractivity contribution is 7.89. The maximum atomic E-state index is 13.4. The highest BCUT2D eigenvalue weighted by Gasteiger charge is 2.47. The maximum absolute atomic E-state index is 13.4. The summed E-state index contributed by atoms with van der Waals surface area (Å²) < 4.78 is 39.1. The number of carbonyl (C=O) groups excluding carboxylic acids is 1. The first-order chi connectivity index (χ1) is 16.4. The number of sulfonamides is 1. The predicted octanol–water partition coefficient (Wildman–Crippen LogP) is 2.36. The molecule has 1 aromatic heterocycles. The van der Waals surface area contributed by atoms with Crippen LogP contribution in [0.25, 0.3) is 0 Å². The van der Waals surface area contributed by atoms with Gasteiger partial charge in [-0.05, 0) is 76.8 Å². The molecule has 4 heterocycles. The summed E-state index contributed by atoms with van der Waals surface area (Å²) in [7, 11) is -1.58. The van der Waals surface area contributed by atoms with Crippen LogP contribution in [0.15, 0.2) is 10.6 Å². The first-order valence-corrected chi connectivity index (χ1v) is 14.5. The van der Waals surface area contributed by atoms with Crippen LogP contribution in [0.3, 0.4) is 0 Å². The van der Waals surface area contributed by atoms with E-state index in [1.54, 1.807) is 13.2 Å². The number of hydrogen-bond donors (Lipinski definition) is 1. The highest BCUT2D eigenvalue weighted by atomic mass is 32.2. The van der Waals surface area contributed by atoms with Crippen molar-refractivity contribution in [1.82, 2.24) is 19.7 Å². The van der Waals surface area contributed by atoms with Crippen LogP contribution >= 0.6 is 0 Å². The van der Waals surface area contributed by atoms with Crippen molar-refractivity contribution in [2.75, 3.05) is 39.1 Å². The van der Waals surface area contributed by atoms with E-state index in [-0.39, 0.29) is 35.7 Å². The smallest absolute Gasteiger partial charge is 0.273 e. The van der Waals surface area contributed by atoms with Gasteiger partial charge < -0.3 is 19.5 Å². The average Bonchev–Trinajstić information content (AvgIpc) is 3.46. The van der Waals surface area contributed by atoms with E-state index in [0.29, 0.717) is 24.5 Å². The zero-order valence-electron chi connectivity index (χ0n) is 20.2. The number of ether oxygens (including phenoxy) is 1. The number of hydrogen-bond acceptors (Lipinski definition) is 7. The lowest BCUT2D eigenvalue weighted by molar-refractivity contribution is 0.0900. The van der Waals surface area contributed by atoms with Crippen molar-refractivity contribution >= 4 is 15.9 Å². The number of piperidine rings is 2. The summed E-state index contributed by atoms with van der Waals surface area (Å²) in [4.78, 5) is 15.1. The standard InChI is InChI=1S/C24H38N4O5S/c1-32-12-2-9-27-10-7-17(8-11-27)16-34(30,31)28-20-5-6-21(28)14-19(13-20)25-24(29)22-15-23(33-26-22)18-3-4-18/h15,17-21H,2-14,16H2,1H3,(H,25,29)/t19-,20+,21-. The molecule has 0 unspecified atom stereocenters. The molecule has 10 heteroatoms.